The number of piperidine rings is 1. The summed E-state index contributed by atoms with van der Waals surface area (Å²) in [6.07, 6.45) is 2.96. The molecule has 5 heteroatoms. The molecule has 1 N–H and O–H groups in total. The lowest BCUT2D eigenvalue weighted by Crippen LogP contribution is -2.46. The summed E-state index contributed by atoms with van der Waals surface area (Å²) in [5, 5.41) is 4.16. The fourth-order valence-electron chi connectivity index (χ4n) is 3.07. The summed E-state index contributed by atoms with van der Waals surface area (Å²) in [7, 11) is 0. The first-order chi connectivity index (χ1) is 10.7. The van der Waals surface area contributed by atoms with Crippen molar-refractivity contribution >= 4 is 27.3 Å². The maximum atomic E-state index is 13.3. The number of rotatable bonds is 4. The maximum Gasteiger partial charge on any atom is 0.264 e. The van der Waals surface area contributed by atoms with E-state index in [-0.39, 0.29) is 11.7 Å². The molecule has 1 amide bonds. The third kappa shape index (κ3) is 3.15. The highest BCUT2D eigenvalue weighted by Crippen LogP contribution is 2.28. The van der Waals surface area contributed by atoms with Gasteiger partial charge in [0.2, 0.25) is 0 Å². The van der Waals surface area contributed by atoms with Crippen LogP contribution in [-0.4, -0.2) is 36.5 Å². The zero-order chi connectivity index (χ0) is 15.5. The molecular weight excluding hydrogens is 299 g/mol. The summed E-state index contributed by atoms with van der Waals surface area (Å²) < 4.78 is 14.3. The van der Waals surface area contributed by atoms with Crippen molar-refractivity contribution in [2.24, 2.45) is 0 Å². The van der Waals surface area contributed by atoms with E-state index in [1.165, 1.54) is 23.5 Å². The molecule has 0 aliphatic carbocycles. The predicted molar refractivity (Wildman–Crippen MR) is 89.0 cm³/mol. The van der Waals surface area contributed by atoms with Gasteiger partial charge in [0.05, 0.1) is 4.88 Å². The second-order valence-corrected chi connectivity index (χ2v) is 6.86. The van der Waals surface area contributed by atoms with Crippen molar-refractivity contribution in [2.75, 3.05) is 19.6 Å². The van der Waals surface area contributed by atoms with Crippen molar-refractivity contribution in [3.8, 4) is 0 Å². The molecule has 1 fully saturated rings. The lowest BCUT2D eigenvalue weighted by molar-refractivity contribution is 0.0648. The van der Waals surface area contributed by atoms with Gasteiger partial charge in [0.15, 0.2) is 0 Å². The third-order valence-electron chi connectivity index (χ3n) is 4.16. The van der Waals surface area contributed by atoms with Crippen LogP contribution < -0.4 is 5.32 Å². The van der Waals surface area contributed by atoms with Gasteiger partial charge < -0.3 is 10.2 Å². The van der Waals surface area contributed by atoms with Gasteiger partial charge in [-0.05, 0) is 62.0 Å². The summed E-state index contributed by atoms with van der Waals surface area (Å²) in [5.41, 5.74) is 0. The normalized spacial score (nSPS) is 16.1. The van der Waals surface area contributed by atoms with E-state index in [2.05, 4.69) is 12.2 Å². The first kappa shape index (κ1) is 15.4. The molecule has 3 nitrogen and oxygen atoms in total. The minimum Gasteiger partial charge on any atom is -0.335 e. The van der Waals surface area contributed by atoms with Gasteiger partial charge in [-0.1, -0.05) is 6.92 Å². The summed E-state index contributed by atoms with van der Waals surface area (Å²) in [4.78, 5) is 15.6. The number of carbonyl (C=O) groups excluding carboxylic acids is 1. The molecule has 1 saturated heterocycles. The number of thiophene rings is 1. The second kappa shape index (κ2) is 6.75. The highest BCUT2D eigenvalue weighted by atomic mass is 32.1. The van der Waals surface area contributed by atoms with Crippen molar-refractivity contribution in [2.45, 2.75) is 32.2 Å². The molecule has 22 heavy (non-hydrogen) atoms. The second-order valence-electron chi connectivity index (χ2n) is 5.77. The van der Waals surface area contributed by atoms with E-state index >= 15 is 0 Å². The fourth-order valence-corrected chi connectivity index (χ4v) is 4.07. The third-order valence-corrected chi connectivity index (χ3v) is 5.27. The number of nitrogens with zero attached hydrogens (tertiary/aromatic N) is 1. The average molecular weight is 320 g/mol. The minimum absolute atomic E-state index is 0.0929. The molecule has 3 rings (SSSR count). The van der Waals surface area contributed by atoms with Crippen LogP contribution in [0.25, 0.3) is 10.1 Å². The standard InChI is InChI=1S/C17H21FN2OS/c1-2-9-20(14-5-7-19-8-6-14)17(21)16-11-12-10-13(18)3-4-15(12)22-16/h3-4,10-11,14,19H,2,5-9H2,1H3. The fraction of sp³-hybridized carbons (Fsp3) is 0.471. The van der Waals surface area contributed by atoms with Gasteiger partial charge in [-0.2, -0.15) is 0 Å². The Bertz CT molecular complexity index is 664. The minimum atomic E-state index is -0.256. The summed E-state index contributed by atoms with van der Waals surface area (Å²) in [6.45, 7) is 4.82. The smallest absolute Gasteiger partial charge is 0.264 e. The van der Waals surface area contributed by atoms with Crippen molar-refractivity contribution in [1.29, 1.82) is 0 Å². The van der Waals surface area contributed by atoms with Gasteiger partial charge in [0.25, 0.3) is 5.91 Å². The van der Waals surface area contributed by atoms with E-state index in [1.54, 1.807) is 6.07 Å². The number of benzene rings is 1. The molecule has 1 aliphatic heterocycles. The molecule has 0 unspecified atom stereocenters. The quantitative estimate of drug-likeness (QED) is 0.933. The van der Waals surface area contributed by atoms with Crippen molar-refractivity contribution < 1.29 is 9.18 Å². The van der Waals surface area contributed by atoms with Gasteiger partial charge in [0.1, 0.15) is 5.82 Å². The largest absolute Gasteiger partial charge is 0.335 e. The van der Waals surface area contributed by atoms with Gasteiger partial charge in [-0.15, -0.1) is 11.3 Å². The van der Waals surface area contributed by atoms with Gasteiger partial charge >= 0.3 is 0 Å². The molecule has 0 spiro atoms. The highest BCUT2D eigenvalue weighted by molar-refractivity contribution is 7.20. The molecular formula is C17H21FN2OS. The van der Waals surface area contributed by atoms with Crippen LogP contribution in [0.1, 0.15) is 35.9 Å². The van der Waals surface area contributed by atoms with Crippen molar-refractivity contribution in [1.82, 2.24) is 10.2 Å². The predicted octanol–water partition coefficient (Wildman–Crippen LogP) is 3.64. The Hall–Kier alpha value is -1.46. The number of hydrogen-bond donors (Lipinski definition) is 1. The molecule has 0 atom stereocenters. The van der Waals surface area contributed by atoms with E-state index in [9.17, 15) is 9.18 Å². The molecule has 0 bridgehead atoms. The molecule has 118 valence electrons. The summed E-state index contributed by atoms with van der Waals surface area (Å²) >= 11 is 1.46. The van der Waals surface area contributed by atoms with E-state index in [0.717, 1.165) is 49.0 Å². The lowest BCUT2D eigenvalue weighted by Gasteiger charge is -2.34. The molecule has 1 aromatic carbocycles. The molecule has 1 aromatic heterocycles. The monoisotopic (exact) mass is 320 g/mol. The number of nitrogens with one attached hydrogen (secondary N) is 1. The van der Waals surface area contributed by atoms with Gasteiger partial charge in [-0.25, -0.2) is 4.39 Å². The van der Waals surface area contributed by atoms with Crippen molar-refractivity contribution in [3.05, 3.63) is 35.0 Å². The van der Waals surface area contributed by atoms with Crippen LogP contribution in [0.3, 0.4) is 0 Å². The Morgan fingerprint density at radius 3 is 2.86 bits per heavy atom. The van der Waals surface area contributed by atoms with Crippen molar-refractivity contribution in [3.63, 3.8) is 0 Å². The van der Waals surface area contributed by atoms with Crippen LogP contribution in [0.15, 0.2) is 24.3 Å². The van der Waals surface area contributed by atoms with Crippen LogP contribution in [0, 0.1) is 5.82 Å². The molecule has 0 radical (unpaired) electrons. The Morgan fingerprint density at radius 2 is 2.14 bits per heavy atom. The molecule has 1 aliphatic rings. The summed E-state index contributed by atoms with van der Waals surface area (Å²) in [6, 6.07) is 6.84. The topological polar surface area (TPSA) is 32.3 Å². The maximum absolute atomic E-state index is 13.3. The van der Waals surface area contributed by atoms with Gasteiger partial charge in [0, 0.05) is 17.3 Å². The molecule has 0 saturated carbocycles. The highest BCUT2D eigenvalue weighted by Gasteiger charge is 2.26. The van der Waals surface area contributed by atoms with Crippen LogP contribution >= 0.6 is 11.3 Å². The first-order valence-corrected chi connectivity index (χ1v) is 8.71. The first-order valence-electron chi connectivity index (χ1n) is 7.90. The van der Waals surface area contributed by atoms with E-state index in [0.29, 0.717) is 10.9 Å². The Balaban J connectivity index is 1.87. The number of carbonyl (C=O) groups is 1. The SMILES string of the molecule is CCCN(C(=O)c1cc2cc(F)ccc2s1)C1CCNCC1. The number of fused-ring (bicyclic) bond motifs is 1. The van der Waals surface area contributed by atoms with Crippen LogP contribution in [-0.2, 0) is 0 Å². The molecule has 2 heterocycles. The lowest BCUT2D eigenvalue weighted by atomic mass is 10.0. The zero-order valence-electron chi connectivity index (χ0n) is 12.8. The molecule has 2 aromatic rings. The number of amides is 1. The number of hydrogen-bond acceptors (Lipinski definition) is 3. The van der Waals surface area contributed by atoms with Crippen LogP contribution in [0.5, 0.6) is 0 Å². The van der Waals surface area contributed by atoms with Crippen LogP contribution in [0.2, 0.25) is 0 Å². The van der Waals surface area contributed by atoms with E-state index < -0.39 is 0 Å². The van der Waals surface area contributed by atoms with Crippen LogP contribution in [0.4, 0.5) is 4.39 Å². The van der Waals surface area contributed by atoms with E-state index in [1.807, 2.05) is 11.0 Å². The zero-order valence-corrected chi connectivity index (χ0v) is 13.6. The average Bonchev–Trinajstić information content (AvgIpc) is 2.96. The number of halogens is 1. The summed E-state index contributed by atoms with van der Waals surface area (Å²) in [5.74, 6) is -0.163. The van der Waals surface area contributed by atoms with E-state index in [4.69, 9.17) is 0 Å². The Labute approximate surface area is 134 Å². The Kier molecular flexibility index (Phi) is 4.74. The van der Waals surface area contributed by atoms with Gasteiger partial charge in [-0.3, -0.25) is 4.79 Å². The Morgan fingerprint density at radius 1 is 1.36 bits per heavy atom.